The molecule has 0 unspecified atom stereocenters. The van der Waals surface area contributed by atoms with Crippen molar-refractivity contribution in [3.05, 3.63) is 58.3 Å². The van der Waals surface area contributed by atoms with Gasteiger partial charge in [0.05, 0.1) is 19.2 Å². The molecule has 0 saturated carbocycles. The summed E-state index contributed by atoms with van der Waals surface area (Å²) in [7, 11) is 1.63. The molecular formula is C16H16N4O3S. The highest BCUT2D eigenvalue weighted by atomic mass is 32.1. The summed E-state index contributed by atoms with van der Waals surface area (Å²) in [5, 5.41) is 3.65. The lowest BCUT2D eigenvalue weighted by molar-refractivity contribution is -0.144. The van der Waals surface area contributed by atoms with Gasteiger partial charge in [0.25, 0.3) is 0 Å². The number of hydrogen-bond acceptors (Lipinski definition) is 7. The fourth-order valence-corrected chi connectivity index (χ4v) is 2.98. The Balaban J connectivity index is 1.59. The minimum atomic E-state index is -0.622. The molecule has 0 fully saturated rings. The van der Waals surface area contributed by atoms with Crippen molar-refractivity contribution in [1.29, 1.82) is 0 Å². The quantitative estimate of drug-likeness (QED) is 0.766. The van der Waals surface area contributed by atoms with Gasteiger partial charge in [0, 0.05) is 24.2 Å². The number of aromatic nitrogens is 1. The van der Waals surface area contributed by atoms with Crippen LogP contribution in [0.5, 0.6) is 5.75 Å². The molecule has 0 saturated heterocycles. The molecule has 1 aliphatic rings. The van der Waals surface area contributed by atoms with E-state index in [0.717, 1.165) is 22.0 Å². The molecule has 1 aromatic heterocycles. The number of nitrogens with zero attached hydrogens (tertiary/aromatic N) is 2. The number of carbonyl (C=O) groups is 2. The van der Waals surface area contributed by atoms with E-state index in [2.05, 4.69) is 15.9 Å². The maximum Gasteiger partial charge on any atom is 0.310 e. The number of hydrogen-bond donors (Lipinski definition) is 2. The molecule has 3 rings (SSSR count). The normalized spacial score (nSPS) is 13.0. The van der Waals surface area contributed by atoms with E-state index in [1.54, 1.807) is 7.11 Å². The molecule has 7 nitrogen and oxygen atoms in total. The number of benzene rings is 1. The van der Waals surface area contributed by atoms with Gasteiger partial charge < -0.3 is 10.2 Å². The largest absolute Gasteiger partial charge is 0.497 e. The Morgan fingerprint density at radius 1 is 1.29 bits per heavy atom. The maximum atomic E-state index is 12.0. The van der Waals surface area contributed by atoms with Crippen LogP contribution in [0, 0.1) is 0 Å². The van der Waals surface area contributed by atoms with Gasteiger partial charge in [0.15, 0.2) is 0 Å². The Labute approximate surface area is 142 Å². The maximum absolute atomic E-state index is 12.0. The van der Waals surface area contributed by atoms with E-state index < -0.39 is 11.7 Å². The lowest BCUT2D eigenvalue weighted by Crippen LogP contribution is -2.43. The van der Waals surface area contributed by atoms with Crippen LogP contribution in [0.1, 0.15) is 16.3 Å². The Morgan fingerprint density at radius 2 is 2.08 bits per heavy atom. The van der Waals surface area contributed by atoms with Gasteiger partial charge >= 0.3 is 5.91 Å². The molecule has 1 amide bonds. The van der Waals surface area contributed by atoms with Gasteiger partial charge in [-0.15, -0.1) is 16.9 Å². The van der Waals surface area contributed by atoms with E-state index in [1.807, 2.05) is 29.6 Å². The van der Waals surface area contributed by atoms with Crippen LogP contribution in [0.2, 0.25) is 0 Å². The molecule has 0 bridgehead atoms. The van der Waals surface area contributed by atoms with Crippen molar-refractivity contribution in [3.8, 4) is 5.75 Å². The summed E-state index contributed by atoms with van der Waals surface area (Å²) in [4.78, 5) is 28.3. The summed E-state index contributed by atoms with van der Waals surface area (Å²) < 4.78 is 5.13. The number of hydrazine groups is 2. The number of nitrogens with one attached hydrogen (secondary N) is 2. The first kappa shape index (κ1) is 16.2. The van der Waals surface area contributed by atoms with E-state index in [9.17, 15) is 9.59 Å². The lowest BCUT2D eigenvalue weighted by Gasteiger charge is -2.11. The Bertz CT molecular complexity index is 770. The van der Waals surface area contributed by atoms with Gasteiger partial charge in [-0.2, -0.15) is 0 Å². The second kappa shape index (κ2) is 7.24. The summed E-state index contributed by atoms with van der Waals surface area (Å²) in [6.45, 7) is 0. The lowest BCUT2D eigenvalue weighted by atomic mass is 10.1. The van der Waals surface area contributed by atoms with E-state index in [0.29, 0.717) is 11.4 Å². The monoisotopic (exact) mass is 344 g/mol. The molecule has 124 valence electrons. The third kappa shape index (κ3) is 3.79. The van der Waals surface area contributed by atoms with Crippen LogP contribution >= 0.6 is 11.3 Å². The zero-order chi connectivity index (χ0) is 16.9. The summed E-state index contributed by atoms with van der Waals surface area (Å²) in [5.41, 5.74) is 7.14. The number of ketones is 1. The van der Waals surface area contributed by atoms with Gasteiger partial charge in [-0.05, 0) is 17.7 Å². The number of carbonyl (C=O) groups excluding carboxylic acids is 2. The first-order chi connectivity index (χ1) is 11.7. The van der Waals surface area contributed by atoms with Crippen LogP contribution in [0.25, 0.3) is 0 Å². The van der Waals surface area contributed by atoms with Crippen LogP contribution in [0.15, 0.2) is 42.0 Å². The van der Waals surface area contributed by atoms with E-state index in [1.165, 1.54) is 23.7 Å². The molecule has 0 radical (unpaired) electrons. The predicted octanol–water partition coefficient (Wildman–Crippen LogP) is 1.18. The van der Waals surface area contributed by atoms with Crippen LogP contribution in [-0.4, -0.2) is 28.8 Å². The molecule has 0 atom stereocenters. The average Bonchev–Trinajstić information content (AvgIpc) is 3.27. The predicted molar refractivity (Wildman–Crippen MR) is 88.9 cm³/mol. The second-order valence-electron chi connectivity index (χ2n) is 5.10. The van der Waals surface area contributed by atoms with Crippen molar-refractivity contribution in [1.82, 2.24) is 21.0 Å². The van der Waals surface area contributed by atoms with Crippen molar-refractivity contribution >= 4 is 23.0 Å². The molecular weight excluding hydrogens is 328 g/mol. The SMILES string of the molecule is COc1ccc(Cc2csc(CC(=O)C(=O)N3C=CNN3)n2)cc1. The van der Waals surface area contributed by atoms with Crippen LogP contribution in [0.3, 0.4) is 0 Å². The summed E-state index contributed by atoms with van der Waals surface area (Å²) in [5.74, 6) is -0.328. The average molecular weight is 344 g/mol. The highest BCUT2D eigenvalue weighted by Gasteiger charge is 2.23. The first-order valence-corrected chi connectivity index (χ1v) is 8.14. The number of rotatable bonds is 6. The number of methoxy groups -OCH3 is 1. The van der Waals surface area contributed by atoms with Crippen molar-refractivity contribution in [2.24, 2.45) is 0 Å². The summed E-state index contributed by atoms with van der Waals surface area (Å²) in [6.07, 6.45) is 3.65. The second-order valence-corrected chi connectivity index (χ2v) is 6.05. The fraction of sp³-hybridized carbons (Fsp3) is 0.188. The zero-order valence-corrected chi connectivity index (χ0v) is 13.8. The van der Waals surface area contributed by atoms with E-state index >= 15 is 0 Å². The minimum Gasteiger partial charge on any atom is -0.497 e. The molecule has 24 heavy (non-hydrogen) atoms. The Kier molecular flexibility index (Phi) is 4.88. The summed E-state index contributed by atoms with van der Waals surface area (Å²) >= 11 is 1.38. The molecule has 0 aliphatic carbocycles. The smallest absolute Gasteiger partial charge is 0.310 e. The third-order valence-corrected chi connectivity index (χ3v) is 4.30. The highest BCUT2D eigenvalue weighted by molar-refractivity contribution is 7.09. The molecule has 1 aromatic carbocycles. The Morgan fingerprint density at radius 3 is 2.75 bits per heavy atom. The molecule has 1 aliphatic heterocycles. The molecule has 2 aromatic rings. The minimum absolute atomic E-state index is 0.00185. The molecule has 2 N–H and O–H groups in total. The molecule has 8 heteroatoms. The number of amides is 1. The standard InChI is InChI=1S/C16H16N4O3S/c1-23-13-4-2-11(3-5-13)8-12-10-24-15(18-12)9-14(21)16(22)20-7-6-17-19-20/h2-7,10,17,19H,8-9H2,1H3. The van der Waals surface area contributed by atoms with Crippen LogP contribution in [-0.2, 0) is 22.4 Å². The van der Waals surface area contributed by atoms with Gasteiger partial charge in [0.2, 0.25) is 5.78 Å². The highest BCUT2D eigenvalue weighted by Crippen LogP contribution is 2.17. The molecule has 0 spiro atoms. The zero-order valence-electron chi connectivity index (χ0n) is 13.0. The van der Waals surface area contributed by atoms with Gasteiger partial charge in [-0.1, -0.05) is 12.1 Å². The van der Waals surface area contributed by atoms with E-state index in [-0.39, 0.29) is 6.42 Å². The fourth-order valence-electron chi connectivity index (χ4n) is 2.19. The van der Waals surface area contributed by atoms with Crippen molar-refractivity contribution < 1.29 is 14.3 Å². The van der Waals surface area contributed by atoms with Gasteiger partial charge in [0.1, 0.15) is 10.8 Å². The third-order valence-electron chi connectivity index (χ3n) is 3.40. The number of ether oxygens (including phenoxy) is 1. The van der Waals surface area contributed by atoms with Gasteiger partial charge in [-0.3, -0.25) is 9.59 Å². The van der Waals surface area contributed by atoms with Crippen molar-refractivity contribution in [2.75, 3.05) is 7.11 Å². The van der Waals surface area contributed by atoms with Gasteiger partial charge in [-0.25, -0.2) is 9.99 Å². The van der Waals surface area contributed by atoms with Crippen molar-refractivity contribution in [3.63, 3.8) is 0 Å². The number of Topliss-reactive ketones (excluding diaryl/α,β-unsaturated/α-hetero) is 1. The van der Waals surface area contributed by atoms with Crippen LogP contribution < -0.4 is 15.7 Å². The molecule has 2 heterocycles. The van der Waals surface area contributed by atoms with Crippen LogP contribution in [0.4, 0.5) is 0 Å². The first-order valence-electron chi connectivity index (χ1n) is 7.26. The van der Waals surface area contributed by atoms with E-state index in [4.69, 9.17) is 4.74 Å². The topological polar surface area (TPSA) is 83.6 Å². The summed E-state index contributed by atoms with van der Waals surface area (Å²) in [6, 6.07) is 7.75. The number of thiazole rings is 1. The van der Waals surface area contributed by atoms with Crippen molar-refractivity contribution in [2.45, 2.75) is 12.8 Å². The Hall–Kier alpha value is -2.71.